The number of anilines is 2. The average molecular weight is 352 g/mol. The van der Waals surface area contributed by atoms with Crippen LogP contribution in [-0.2, 0) is 4.79 Å². The quantitative estimate of drug-likeness (QED) is 0.849. The number of hydrogen-bond donors (Lipinski definition) is 2. The first-order valence-electron chi connectivity index (χ1n) is 6.24. The van der Waals surface area contributed by atoms with Crippen LogP contribution in [0.1, 0.15) is 11.5 Å². The highest BCUT2D eigenvalue weighted by Gasteiger charge is 2.28. The summed E-state index contributed by atoms with van der Waals surface area (Å²) < 4.78 is 0.766. The van der Waals surface area contributed by atoms with Crippen LogP contribution in [0.2, 0.25) is 5.02 Å². The molecule has 0 spiro atoms. The maximum absolute atomic E-state index is 12.4. The number of carbonyl (C=O) groups excluding carboxylic acids is 1. The summed E-state index contributed by atoms with van der Waals surface area (Å²) in [4.78, 5) is 12.4. The Balaban J connectivity index is 1.79. The van der Waals surface area contributed by atoms with Gasteiger partial charge in [-0.3, -0.25) is 4.79 Å². The highest BCUT2D eigenvalue weighted by Crippen LogP contribution is 2.32. The molecule has 0 aliphatic carbocycles. The van der Waals surface area contributed by atoms with Gasteiger partial charge >= 0.3 is 0 Å². The number of carbonyl (C=O) groups is 1. The zero-order valence-electron chi connectivity index (χ0n) is 10.5. The summed E-state index contributed by atoms with van der Waals surface area (Å²) in [6.07, 6.45) is 0. The standard InChI is InChI=1S/C15H12BrClN2O/c16-12-7-9(5-6-13(12)17)19-15(20)11-8-18-14-4-2-1-3-10(11)14/h1-7,11,18H,8H2,(H,19,20). The van der Waals surface area contributed by atoms with Crippen molar-refractivity contribution in [2.75, 3.05) is 17.2 Å². The van der Waals surface area contributed by atoms with Gasteiger partial charge in [-0.1, -0.05) is 29.8 Å². The Hall–Kier alpha value is -1.52. The van der Waals surface area contributed by atoms with E-state index in [0.717, 1.165) is 21.4 Å². The smallest absolute Gasteiger partial charge is 0.233 e. The van der Waals surface area contributed by atoms with E-state index in [1.807, 2.05) is 24.3 Å². The molecular weight excluding hydrogens is 340 g/mol. The van der Waals surface area contributed by atoms with Crippen LogP contribution in [-0.4, -0.2) is 12.5 Å². The van der Waals surface area contributed by atoms with Crippen molar-refractivity contribution >= 4 is 44.8 Å². The Morgan fingerprint density at radius 1 is 1.30 bits per heavy atom. The molecular formula is C15H12BrClN2O. The molecule has 2 N–H and O–H groups in total. The van der Waals surface area contributed by atoms with E-state index in [2.05, 4.69) is 26.6 Å². The molecule has 0 fully saturated rings. The average Bonchev–Trinajstić information content (AvgIpc) is 2.87. The van der Waals surface area contributed by atoms with Gasteiger partial charge < -0.3 is 10.6 Å². The zero-order valence-corrected chi connectivity index (χ0v) is 12.8. The lowest BCUT2D eigenvalue weighted by Crippen LogP contribution is -2.22. The fourth-order valence-electron chi connectivity index (χ4n) is 2.32. The Kier molecular flexibility index (Phi) is 3.68. The third-order valence-corrected chi connectivity index (χ3v) is 4.55. The Morgan fingerprint density at radius 2 is 2.10 bits per heavy atom. The zero-order chi connectivity index (χ0) is 14.1. The van der Waals surface area contributed by atoms with E-state index in [1.165, 1.54) is 0 Å². The molecule has 0 saturated heterocycles. The molecule has 102 valence electrons. The second kappa shape index (κ2) is 5.46. The van der Waals surface area contributed by atoms with Crippen LogP contribution < -0.4 is 10.6 Å². The first kappa shape index (κ1) is 13.5. The second-order valence-corrected chi connectivity index (χ2v) is 5.90. The van der Waals surface area contributed by atoms with Crippen molar-refractivity contribution in [1.82, 2.24) is 0 Å². The van der Waals surface area contributed by atoms with E-state index in [9.17, 15) is 4.79 Å². The van der Waals surface area contributed by atoms with Gasteiger partial charge in [0, 0.05) is 22.4 Å². The van der Waals surface area contributed by atoms with Crippen molar-refractivity contribution in [3.63, 3.8) is 0 Å². The molecule has 0 saturated carbocycles. The highest BCUT2D eigenvalue weighted by atomic mass is 79.9. The summed E-state index contributed by atoms with van der Waals surface area (Å²) in [5, 5.41) is 6.79. The van der Waals surface area contributed by atoms with Crippen LogP contribution in [0.4, 0.5) is 11.4 Å². The van der Waals surface area contributed by atoms with E-state index < -0.39 is 0 Å². The lowest BCUT2D eigenvalue weighted by molar-refractivity contribution is -0.117. The summed E-state index contributed by atoms with van der Waals surface area (Å²) in [5.41, 5.74) is 2.80. The van der Waals surface area contributed by atoms with E-state index in [-0.39, 0.29) is 11.8 Å². The number of hydrogen-bond acceptors (Lipinski definition) is 2. The van der Waals surface area contributed by atoms with Crippen LogP contribution in [0.3, 0.4) is 0 Å². The van der Waals surface area contributed by atoms with Crippen molar-refractivity contribution in [1.29, 1.82) is 0 Å². The van der Waals surface area contributed by atoms with Crippen molar-refractivity contribution in [3.8, 4) is 0 Å². The predicted octanol–water partition coefficient (Wildman–Crippen LogP) is 4.25. The lowest BCUT2D eigenvalue weighted by Gasteiger charge is -2.11. The minimum Gasteiger partial charge on any atom is -0.384 e. The summed E-state index contributed by atoms with van der Waals surface area (Å²) in [6, 6.07) is 13.2. The third-order valence-electron chi connectivity index (χ3n) is 3.34. The molecule has 2 aromatic carbocycles. The summed E-state index contributed by atoms with van der Waals surface area (Å²) >= 11 is 9.29. The number of para-hydroxylation sites is 1. The minimum absolute atomic E-state index is 0.0170. The monoisotopic (exact) mass is 350 g/mol. The van der Waals surface area contributed by atoms with Crippen molar-refractivity contribution < 1.29 is 4.79 Å². The van der Waals surface area contributed by atoms with E-state index >= 15 is 0 Å². The van der Waals surface area contributed by atoms with Gasteiger partial charge in [-0.2, -0.15) is 0 Å². The van der Waals surface area contributed by atoms with Crippen LogP contribution in [0.25, 0.3) is 0 Å². The topological polar surface area (TPSA) is 41.1 Å². The number of halogens is 2. The van der Waals surface area contributed by atoms with E-state index in [4.69, 9.17) is 11.6 Å². The molecule has 1 amide bonds. The molecule has 1 atom stereocenters. The van der Waals surface area contributed by atoms with Gasteiger partial charge in [0.2, 0.25) is 5.91 Å². The molecule has 0 radical (unpaired) electrons. The molecule has 5 heteroatoms. The van der Waals surface area contributed by atoms with Crippen LogP contribution in [0.15, 0.2) is 46.9 Å². The molecule has 1 aliphatic heterocycles. The number of benzene rings is 2. The molecule has 1 heterocycles. The second-order valence-electron chi connectivity index (χ2n) is 4.64. The Morgan fingerprint density at radius 3 is 2.90 bits per heavy atom. The molecule has 2 aromatic rings. The van der Waals surface area contributed by atoms with Gasteiger partial charge in [0.05, 0.1) is 10.9 Å². The Bertz CT molecular complexity index is 675. The fourth-order valence-corrected chi connectivity index (χ4v) is 2.82. The van der Waals surface area contributed by atoms with Gasteiger partial charge in [-0.25, -0.2) is 0 Å². The number of amides is 1. The third kappa shape index (κ3) is 2.53. The maximum Gasteiger partial charge on any atom is 0.233 e. The summed E-state index contributed by atoms with van der Waals surface area (Å²) in [5.74, 6) is -0.183. The molecule has 1 aliphatic rings. The fraction of sp³-hybridized carbons (Fsp3) is 0.133. The van der Waals surface area contributed by atoms with Gasteiger partial charge in [-0.05, 0) is 45.8 Å². The van der Waals surface area contributed by atoms with Crippen molar-refractivity contribution in [3.05, 3.63) is 57.5 Å². The van der Waals surface area contributed by atoms with Gasteiger partial charge in [-0.15, -0.1) is 0 Å². The molecule has 3 rings (SSSR count). The largest absolute Gasteiger partial charge is 0.384 e. The predicted molar refractivity (Wildman–Crippen MR) is 85.5 cm³/mol. The van der Waals surface area contributed by atoms with Crippen molar-refractivity contribution in [2.24, 2.45) is 0 Å². The normalized spacial score (nSPS) is 16.4. The van der Waals surface area contributed by atoms with Crippen LogP contribution >= 0.6 is 27.5 Å². The molecule has 1 unspecified atom stereocenters. The number of rotatable bonds is 2. The van der Waals surface area contributed by atoms with E-state index in [1.54, 1.807) is 18.2 Å². The molecule has 20 heavy (non-hydrogen) atoms. The molecule has 3 nitrogen and oxygen atoms in total. The van der Waals surface area contributed by atoms with Gasteiger partial charge in [0.15, 0.2) is 0 Å². The van der Waals surface area contributed by atoms with Crippen LogP contribution in [0, 0.1) is 0 Å². The van der Waals surface area contributed by atoms with Gasteiger partial charge in [0.1, 0.15) is 0 Å². The molecule has 0 bridgehead atoms. The number of nitrogens with one attached hydrogen (secondary N) is 2. The van der Waals surface area contributed by atoms with Gasteiger partial charge in [0.25, 0.3) is 0 Å². The number of fused-ring (bicyclic) bond motifs is 1. The van der Waals surface area contributed by atoms with E-state index in [0.29, 0.717) is 11.6 Å². The lowest BCUT2D eigenvalue weighted by atomic mass is 10.0. The summed E-state index contributed by atoms with van der Waals surface area (Å²) in [7, 11) is 0. The Labute approximate surface area is 130 Å². The molecule has 0 aromatic heterocycles. The minimum atomic E-state index is -0.166. The summed E-state index contributed by atoms with van der Waals surface area (Å²) in [6.45, 7) is 0.625. The first-order chi connectivity index (χ1) is 9.65. The SMILES string of the molecule is O=C(Nc1ccc(Cl)c(Br)c1)C1CNc2ccccc21. The first-order valence-corrected chi connectivity index (χ1v) is 7.41. The van der Waals surface area contributed by atoms with Crippen LogP contribution in [0.5, 0.6) is 0 Å². The van der Waals surface area contributed by atoms with Crippen molar-refractivity contribution in [2.45, 2.75) is 5.92 Å². The maximum atomic E-state index is 12.4. The highest BCUT2D eigenvalue weighted by molar-refractivity contribution is 9.10.